The number of amides is 1. The Labute approximate surface area is 186 Å². The van der Waals surface area contributed by atoms with Gasteiger partial charge in [-0.2, -0.15) is 18.4 Å². The lowest BCUT2D eigenvalue weighted by atomic mass is 10.1. The Bertz CT molecular complexity index is 1230. The molecule has 0 aliphatic rings. The zero-order valence-electron chi connectivity index (χ0n) is 16.6. The molecule has 1 heterocycles. The van der Waals surface area contributed by atoms with E-state index in [0.29, 0.717) is 17.1 Å². The number of rotatable bonds is 5. The largest absolute Gasteiger partial charge is 0.457 e. The molecule has 0 atom stereocenters. The molecular weight excluding hydrogens is 443 g/mol. The molecule has 1 amide bonds. The normalized spacial score (nSPS) is 11.6. The van der Waals surface area contributed by atoms with Crippen molar-refractivity contribution in [3.8, 4) is 17.6 Å². The second kappa shape index (κ2) is 9.54. The van der Waals surface area contributed by atoms with Crippen LogP contribution in [-0.4, -0.2) is 10.9 Å². The molecular formula is C23H15ClF3N3O2. The van der Waals surface area contributed by atoms with E-state index in [1.807, 2.05) is 6.07 Å². The average molecular weight is 458 g/mol. The maximum Gasteiger partial charge on any atom is 0.417 e. The summed E-state index contributed by atoms with van der Waals surface area (Å²) in [6.45, 7) is 1.53. The highest BCUT2D eigenvalue weighted by Crippen LogP contribution is 2.36. The summed E-state index contributed by atoms with van der Waals surface area (Å²) < 4.78 is 44.7. The smallest absolute Gasteiger partial charge is 0.417 e. The number of pyridine rings is 1. The summed E-state index contributed by atoms with van der Waals surface area (Å²) in [6.07, 6.45) is -1.62. The van der Waals surface area contributed by atoms with Crippen LogP contribution in [0.15, 0.2) is 66.4 Å². The van der Waals surface area contributed by atoms with E-state index in [1.165, 1.54) is 25.3 Å². The van der Waals surface area contributed by atoms with E-state index in [9.17, 15) is 18.0 Å². The minimum absolute atomic E-state index is 0.0254. The van der Waals surface area contributed by atoms with Gasteiger partial charge >= 0.3 is 6.18 Å². The summed E-state index contributed by atoms with van der Waals surface area (Å²) in [6, 6.07) is 15.0. The summed E-state index contributed by atoms with van der Waals surface area (Å²) in [4.78, 5) is 16.3. The van der Waals surface area contributed by atoms with Gasteiger partial charge in [0.2, 0.25) is 0 Å². The number of nitrogens with one attached hydrogen (secondary N) is 1. The van der Waals surface area contributed by atoms with E-state index in [1.54, 1.807) is 36.4 Å². The van der Waals surface area contributed by atoms with Crippen molar-refractivity contribution < 1.29 is 22.7 Å². The van der Waals surface area contributed by atoms with Crippen LogP contribution in [0.2, 0.25) is 5.02 Å². The number of hydrogen-bond donors (Lipinski definition) is 1. The molecule has 162 valence electrons. The van der Waals surface area contributed by atoms with E-state index in [0.717, 1.165) is 12.1 Å². The number of nitriles is 1. The molecule has 0 saturated heterocycles. The molecule has 0 aliphatic heterocycles. The van der Waals surface area contributed by atoms with Gasteiger partial charge in [-0.1, -0.05) is 23.7 Å². The summed E-state index contributed by atoms with van der Waals surface area (Å²) in [5.41, 5.74) is 0.0572. The van der Waals surface area contributed by atoms with Gasteiger partial charge in [-0.15, -0.1) is 0 Å². The number of hydrogen-bond acceptors (Lipinski definition) is 4. The van der Waals surface area contributed by atoms with Gasteiger partial charge in [-0.25, -0.2) is 4.98 Å². The number of benzene rings is 2. The predicted octanol–water partition coefficient (Wildman–Crippen LogP) is 6.46. The quantitative estimate of drug-likeness (QED) is 0.446. The van der Waals surface area contributed by atoms with Crippen LogP contribution in [0.5, 0.6) is 11.5 Å². The highest BCUT2D eigenvalue weighted by molar-refractivity contribution is 6.31. The van der Waals surface area contributed by atoms with Gasteiger partial charge in [0, 0.05) is 23.5 Å². The lowest BCUT2D eigenvalue weighted by Crippen LogP contribution is -2.14. The fourth-order valence-electron chi connectivity index (χ4n) is 2.71. The number of halogens is 4. The van der Waals surface area contributed by atoms with Crippen LogP contribution in [0.4, 0.5) is 18.9 Å². The molecule has 3 rings (SSSR count). The second-order valence-corrected chi connectivity index (χ2v) is 7.04. The molecule has 3 aromatic rings. The number of carbonyl (C=O) groups is 1. The number of alkyl halides is 3. The molecule has 32 heavy (non-hydrogen) atoms. The molecule has 1 N–H and O–H groups in total. The highest BCUT2D eigenvalue weighted by Gasteiger charge is 2.33. The molecule has 0 spiro atoms. The summed E-state index contributed by atoms with van der Waals surface area (Å²) in [5.74, 6) is 0.324. The number of aromatic nitrogens is 1. The average Bonchev–Trinajstić information content (AvgIpc) is 2.74. The van der Waals surface area contributed by atoms with Gasteiger partial charge in [0.05, 0.1) is 10.6 Å². The first-order valence-electron chi connectivity index (χ1n) is 9.16. The fourth-order valence-corrected chi connectivity index (χ4v) is 2.93. The molecule has 0 saturated carbocycles. The summed E-state index contributed by atoms with van der Waals surface area (Å²) in [7, 11) is 0. The van der Waals surface area contributed by atoms with Crippen LogP contribution < -0.4 is 10.1 Å². The Balaban J connectivity index is 1.75. The first-order valence-corrected chi connectivity index (χ1v) is 9.54. The van der Waals surface area contributed by atoms with E-state index >= 15 is 0 Å². The van der Waals surface area contributed by atoms with E-state index in [2.05, 4.69) is 10.3 Å². The van der Waals surface area contributed by atoms with Gasteiger partial charge in [-0.05, 0) is 55.0 Å². The Morgan fingerprint density at radius 1 is 1.16 bits per heavy atom. The molecule has 0 bridgehead atoms. The molecule has 1 aromatic heterocycles. The van der Waals surface area contributed by atoms with Crippen molar-refractivity contribution >= 4 is 29.3 Å². The Hall–Kier alpha value is -3.83. The Morgan fingerprint density at radius 2 is 1.91 bits per heavy atom. The predicted molar refractivity (Wildman–Crippen MR) is 114 cm³/mol. The van der Waals surface area contributed by atoms with Crippen LogP contribution >= 0.6 is 11.6 Å². The second-order valence-electron chi connectivity index (χ2n) is 6.64. The van der Waals surface area contributed by atoms with Crippen molar-refractivity contribution in [2.45, 2.75) is 13.1 Å². The third-order valence-electron chi connectivity index (χ3n) is 4.21. The summed E-state index contributed by atoms with van der Waals surface area (Å²) in [5, 5.41) is 10.9. The Kier molecular flexibility index (Phi) is 6.81. The van der Waals surface area contributed by atoms with Crippen LogP contribution in [0.25, 0.3) is 6.08 Å². The molecule has 2 aromatic carbocycles. The monoisotopic (exact) mass is 457 g/mol. The van der Waals surface area contributed by atoms with E-state index in [4.69, 9.17) is 21.6 Å². The molecule has 9 heteroatoms. The maximum atomic E-state index is 13.0. The lowest BCUT2D eigenvalue weighted by Gasteiger charge is -2.12. The van der Waals surface area contributed by atoms with Crippen LogP contribution in [0, 0.1) is 11.3 Å². The topological polar surface area (TPSA) is 75.0 Å². The lowest BCUT2D eigenvalue weighted by molar-refractivity contribution is -0.137. The maximum absolute atomic E-state index is 13.0. The fraction of sp³-hybridized carbons (Fsp3) is 0.0870. The number of nitrogens with zero attached hydrogens (tertiary/aromatic N) is 2. The third-order valence-corrected chi connectivity index (χ3v) is 4.54. The van der Waals surface area contributed by atoms with Crippen molar-refractivity contribution in [3.05, 3.63) is 88.2 Å². The molecule has 0 radical (unpaired) electrons. The van der Waals surface area contributed by atoms with Crippen molar-refractivity contribution in [2.75, 3.05) is 5.32 Å². The van der Waals surface area contributed by atoms with Crippen molar-refractivity contribution in [2.24, 2.45) is 0 Å². The van der Waals surface area contributed by atoms with Crippen LogP contribution in [-0.2, 0) is 11.0 Å². The zero-order valence-corrected chi connectivity index (χ0v) is 17.3. The third kappa shape index (κ3) is 5.86. The van der Waals surface area contributed by atoms with Crippen molar-refractivity contribution in [3.63, 3.8) is 0 Å². The Morgan fingerprint density at radius 3 is 2.62 bits per heavy atom. The van der Waals surface area contributed by atoms with Crippen LogP contribution in [0.3, 0.4) is 0 Å². The molecule has 0 unspecified atom stereocenters. The number of carbonyl (C=O) groups excluding carboxylic acids is 1. The van der Waals surface area contributed by atoms with Crippen LogP contribution in [0.1, 0.15) is 23.7 Å². The number of anilines is 1. The minimum Gasteiger partial charge on any atom is -0.457 e. The number of ether oxygens (including phenoxy) is 1. The summed E-state index contributed by atoms with van der Waals surface area (Å²) >= 11 is 5.60. The van der Waals surface area contributed by atoms with Gasteiger partial charge in [-0.3, -0.25) is 4.79 Å². The first kappa shape index (κ1) is 22.8. The zero-order chi connectivity index (χ0) is 23.3. The standard InChI is InChI=1S/C23H15ClF3N3O2/c1-14(22(31)30-16-5-6-21(24)20(12-16)23(25,26)27)9-15-3-2-4-18(10-15)32-19-7-8-29-17(11-19)13-28/h2-12H,1H3,(H,30,31). The van der Waals surface area contributed by atoms with Gasteiger partial charge in [0.1, 0.15) is 23.3 Å². The molecule has 5 nitrogen and oxygen atoms in total. The first-order chi connectivity index (χ1) is 15.2. The minimum atomic E-state index is -4.63. The highest BCUT2D eigenvalue weighted by atomic mass is 35.5. The van der Waals surface area contributed by atoms with Crippen molar-refractivity contribution in [1.82, 2.24) is 4.98 Å². The van der Waals surface area contributed by atoms with E-state index < -0.39 is 22.7 Å². The van der Waals surface area contributed by atoms with Gasteiger partial charge in [0.15, 0.2) is 0 Å². The van der Waals surface area contributed by atoms with Gasteiger partial charge in [0.25, 0.3) is 5.91 Å². The van der Waals surface area contributed by atoms with Crippen molar-refractivity contribution in [1.29, 1.82) is 5.26 Å². The SMILES string of the molecule is CC(=Cc1cccc(Oc2ccnc(C#N)c2)c1)C(=O)Nc1ccc(Cl)c(C(F)(F)F)c1. The van der Waals surface area contributed by atoms with E-state index in [-0.39, 0.29) is 17.0 Å². The van der Waals surface area contributed by atoms with Gasteiger partial charge < -0.3 is 10.1 Å². The molecule has 0 aliphatic carbocycles. The molecule has 0 fully saturated rings.